The highest BCUT2D eigenvalue weighted by Crippen LogP contribution is 2.36. The summed E-state index contributed by atoms with van der Waals surface area (Å²) in [4.78, 5) is 22.2. The monoisotopic (exact) mass is 506 g/mol. The number of rotatable bonds is 3. The van der Waals surface area contributed by atoms with Crippen LogP contribution in [0.4, 0.5) is 10.2 Å². The number of hydrogen-bond acceptors (Lipinski definition) is 8. The van der Waals surface area contributed by atoms with Gasteiger partial charge >= 0.3 is 0 Å². The Kier molecular flexibility index (Phi) is 5.93. The lowest BCUT2D eigenvalue weighted by atomic mass is 9.97. The highest BCUT2D eigenvalue weighted by atomic mass is 19.1. The maximum atomic E-state index is 14.4. The summed E-state index contributed by atoms with van der Waals surface area (Å²) in [5.74, 6) is -0.169. The summed E-state index contributed by atoms with van der Waals surface area (Å²) in [5.41, 5.74) is 2.92. The Labute approximate surface area is 212 Å². The number of aromatic nitrogens is 3. The zero-order valence-electron chi connectivity index (χ0n) is 20.4. The van der Waals surface area contributed by atoms with Crippen molar-refractivity contribution in [3.63, 3.8) is 0 Å². The van der Waals surface area contributed by atoms with Crippen LogP contribution in [0.1, 0.15) is 52.5 Å². The number of halogens is 1. The van der Waals surface area contributed by atoms with Crippen LogP contribution in [0, 0.1) is 30.0 Å². The number of ether oxygens (including phenoxy) is 2. The minimum absolute atomic E-state index is 0.0191. The maximum absolute atomic E-state index is 14.4. The number of aliphatic hydroxyl groups excluding tert-OH is 1. The van der Waals surface area contributed by atoms with E-state index in [2.05, 4.69) is 6.07 Å². The number of carbonyl (C=O) groups excluding carboxylic acids is 1. The van der Waals surface area contributed by atoms with Gasteiger partial charge in [0.25, 0.3) is 5.91 Å². The number of aliphatic hydroxyl groups is 1. The number of carbonyl (C=O) groups is 1. The molecule has 0 aliphatic carbocycles. The number of amides is 1. The number of nitrogens with zero attached hydrogens (tertiary/aromatic N) is 6. The highest BCUT2D eigenvalue weighted by molar-refractivity contribution is 5.97. The number of piperidine rings is 1. The summed E-state index contributed by atoms with van der Waals surface area (Å²) < 4.78 is 26.9. The lowest BCUT2D eigenvalue weighted by Crippen LogP contribution is -2.39. The number of aryl methyl sites for hydroxylation is 1. The van der Waals surface area contributed by atoms with Crippen molar-refractivity contribution in [1.29, 1.82) is 5.26 Å². The molecule has 1 N–H and O–H groups in total. The first-order valence-corrected chi connectivity index (χ1v) is 12.5. The number of hydrogen-bond donors (Lipinski definition) is 1. The van der Waals surface area contributed by atoms with Crippen molar-refractivity contribution in [2.45, 2.75) is 44.9 Å². The molecule has 10 nitrogen and oxygen atoms in total. The summed E-state index contributed by atoms with van der Waals surface area (Å²) in [6, 6.07) is 6.31. The third-order valence-electron chi connectivity index (χ3n) is 7.39. The molecule has 3 aliphatic rings. The van der Waals surface area contributed by atoms with Crippen LogP contribution in [0.25, 0.3) is 5.65 Å². The summed E-state index contributed by atoms with van der Waals surface area (Å²) in [6.07, 6.45) is 3.67. The molecule has 1 aromatic carbocycles. The molecule has 0 spiro atoms. The summed E-state index contributed by atoms with van der Waals surface area (Å²) in [5, 5.41) is 24.2. The average Bonchev–Trinajstić information content (AvgIpc) is 3.49. The molecule has 3 aliphatic heterocycles. The molecule has 0 unspecified atom stereocenters. The topological polar surface area (TPSA) is 116 Å². The molecular formula is C26H27FN6O4. The van der Waals surface area contributed by atoms with Crippen molar-refractivity contribution >= 4 is 17.4 Å². The van der Waals surface area contributed by atoms with Crippen molar-refractivity contribution in [3.05, 3.63) is 52.6 Å². The number of likely N-dealkylation sites (tertiary alicyclic amines) is 1. The van der Waals surface area contributed by atoms with Crippen molar-refractivity contribution in [1.82, 2.24) is 19.5 Å². The number of benzene rings is 1. The second kappa shape index (κ2) is 9.28. The van der Waals surface area contributed by atoms with Crippen LogP contribution in [-0.4, -0.2) is 63.0 Å². The molecule has 1 amide bonds. The van der Waals surface area contributed by atoms with Crippen LogP contribution < -0.4 is 9.64 Å². The number of β-amino-alcohol motifs (C(OH)–C–C–N with tert-alkyl or cyclic N) is 1. The molecule has 192 valence electrons. The Morgan fingerprint density at radius 3 is 2.95 bits per heavy atom. The van der Waals surface area contributed by atoms with Gasteiger partial charge in [-0.1, -0.05) is 0 Å². The van der Waals surface area contributed by atoms with Gasteiger partial charge in [-0.15, -0.1) is 0 Å². The first-order valence-electron chi connectivity index (χ1n) is 12.5. The van der Waals surface area contributed by atoms with Gasteiger partial charge in [0.2, 0.25) is 0 Å². The second-order valence-electron chi connectivity index (χ2n) is 9.89. The third kappa shape index (κ3) is 4.16. The molecule has 2 fully saturated rings. The fourth-order valence-electron chi connectivity index (χ4n) is 5.56. The Morgan fingerprint density at radius 1 is 1.27 bits per heavy atom. The molecule has 3 aromatic rings. The fraction of sp³-hybridized carbons (Fsp3) is 0.462. The molecule has 6 rings (SSSR count). The summed E-state index contributed by atoms with van der Waals surface area (Å²) in [6.45, 7) is 3.42. The fourth-order valence-corrected chi connectivity index (χ4v) is 5.56. The van der Waals surface area contributed by atoms with Crippen molar-refractivity contribution < 1.29 is 23.8 Å². The average molecular weight is 507 g/mol. The molecule has 0 radical (unpaired) electrons. The van der Waals surface area contributed by atoms with Gasteiger partial charge in [0.1, 0.15) is 17.4 Å². The van der Waals surface area contributed by atoms with E-state index < -0.39 is 17.8 Å². The molecule has 37 heavy (non-hydrogen) atoms. The van der Waals surface area contributed by atoms with Gasteiger partial charge in [-0.05, 0) is 38.3 Å². The molecule has 11 heteroatoms. The van der Waals surface area contributed by atoms with E-state index >= 15 is 0 Å². The van der Waals surface area contributed by atoms with E-state index in [4.69, 9.17) is 19.6 Å². The van der Waals surface area contributed by atoms with Gasteiger partial charge < -0.3 is 24.4 Å². The Balaban J connectivity index is 1.33. The van der Waals surface area contributed by atoms with E-state index in [1.807, 2.05) is 24.1 Å². The third-order valence-corrected chi connectivity index (χ3v) is 7.39. The summed E-state index contributed by atoms with van der Waals surface area (Å²) in [7, 11) is 0. The van der Waals surface area contributed by atoms with Crippen LogP contribution in [0.3, 0.4) is 0 Å². The number of nitriles is 1. The predicted molar refractivity (Wildman–Crippen MR) is 129 cm³/mol. The standard InChI is InChI=1S/C26H27FN6O4/c1-15-10-33-23(29-25(15)31-11-17(9-28)22(34)12-31)8-20(30-33)21-4-2-3-5-32(21)26(35)19-7-18(27)6-16-13-36-14-37-24(16)19/h6-8,10,17,21-22,34H,2-5,11-14H2,1H3/t17-,21+,22+/m1/s1. The highest BCUT2D eigenvalue weighted by Gasteiger charge is 2.35. The smallest absolute Gasteiger partial charge is 0.258 e. The van der Waals surface area contributed by atoms with Crippen LogP contribution >= 0.6 is 0 Å². The van der Waals surface area contributed by atoms with E-state index in [1.165, 1.54) is 12.1 Å². The lowest BCUT2D eigenvalue weighted by Gasteiger charge is -2.35. The van der Waals surface area contributed by atoms with Crippen LogP contribution in [0.5, 0.6) is 5.75 Å². The van der Waals surface area contributed by atoms with Gasteiger partial charge in [0.05, 0.1) is 42.0 Å². The van der Waals surface area contributed by atoms with Crippen LogP contribution in [0.15, 0.2) is 24.4 Å². The van der Waals surface area contributed by atoms with Crippen molar-refractivity contribution in [2.24, 2.45) is 5.92 Å². The predicted octanol–water partition coefficient (Wildman–Crippen LogP) is 2.73. The van der Waals surface area contributed by atoms with Crippen LogP contribution in [-0.2, 0) is 11.3 Å². The Hall–Kier alpha value is -3.75. The maximum Gasteiger partial charge on any atom is 0.258 e. The van der Waals surface area contributed by atoms with E-state index in [0.717, 1.165) is 24.8 Å². The first-order chi connectivity index (χ1) is 17.9. The molecule has 2 saturated heterocycles. The van der Waals surface area contributed by atoms with Gasteiger partial charge in [0.15, 0.2) is 12.4 Å². The van der Waals surface area contributed by atoms with E-state index in [0.29, 0.717) is 48.1 Å². The van der Waals surface area contributed by atoms with Gasteiger partial charge in [-0.2, -0.15) is 10.4 Å². The second-order valence-corrected chi connectivity index (χ2v) is 9.89. The van der Waals surface area contributed by atoms with Crippen LogP contribution in [0.2, 0.25) is 0 Å². The minimum Gasteiger partial charge on any atom is -0.466 e. The van der Waals surface area contributed by atoms with Crippen molar-refractivity contribution in [2.75, 3.05) is 31.3 Å². The quantitative estimate of drug-likeness (QED) is 0.577. The van der Waals surface area contributed by atoms with E-state index in [-0.39, 0.29) is 30.9 Å². The van der Waals surface area contributed by atoms with Gasteiger partial charge in [-0.25, -0.2) is 13.9 Å². The normalized spacial score (nSPS) is 23.6. The molecule has 5 heterocycles. The molecular weight excluding hydrogens is 479 g/mol. The molecule has 3 atom stereocenters. The number of anilines is 1. The van der Waals surface area contributed by atoms with Gasteiger partial charge in [-0.3, -0.25) is 4.79 Å². The first kappa shape index (κ1) is 23.6. The SMILES string of the molecule is Cc1cn2nc([C@@H]3CCCCN3C(=O)c3cc(F)cc4c3OCOC4)cc2nc1N1C[C@@H](C#N)[C@@H](O)C1. The molecule has 2 aromatic heterocycles. The Morgan fingerprint density at radius 2 is 2.14 bits per heavy atom. The summed E-state index contributed by atoms with van der Waals surface area (Å²) >= 11 is 0. The molecule has 0 saturated carbocycles. The van der Waals surface area contributed by atoms with E-state index in [1.54, 1.807) is 9.42 Å². The van der Waals surface area contributed by atoms with Gasteiger partial charge in [0, 0.05) is 43.0 Å². The number of fused-ring (bicyclic) bond motifs is 2. The largest absolute Gasteiger partial charge is 0.466 e. The van der Waals surface area contributed by atoms with Crippen molar-refractivity contribution in [3.8, 4) is 11.8 Å². The molecule has 0 bridgehead atoms. The minimum atomic E-state index is -0.714. The van der Waals surface area contributed by atoms with E-state index in [9.17, 15) is 19.6 Å². The Bertz CT molecular complexity index is 1420. The lowest BCUT2D eigenvalue weighted by molar-refractivity contribution is -0.0174. The zero-order valence-corrected chi connectivity index (χ0v) is 20.4. The zero-order chi connectivity index (χ0) is 25.7.